The summed E-state index contributed by atoms with van der Waals surface area (Å²) in [4.78, 5) is 2.55. The molecule has 0 amide bonds. The Balaban J connectivity index is 1.52. The molecule has 0 bridgehead atoms. The van der Waals surface area contributed by atoms with Crippen LogP contribution in [0.4, 0.5) is 11.4 Å². The van der Waals surface area contributed by atoms with Crippen LogP contribution in [0.25, 0.3) is 33.4 Å². The van der Waals surface area contributed by atoms with Crippen molar-refractivity contribution in [2.24, 2.45) is 0 Å². The summed E-state index contributed by atoms with van der Waals surface area (Å²) >= 11 is 0. The van der Waals surface area contributed by atoms with Crippen LogP contribution < -0.4 is 4.90 Å². The van der Waals surface area contributed by atoms with Crippen LogP contribution in [0.15, 0.2) is 115 Å². The molecule has 1 nitrogen and oxygen atoms in total. The van der Waals surface area contributed by atoms with Crippen LogP contribution in [0.2, 0.25) is 0 Å². The van der Waals surface area contributed by atoms with Gasteiger partial charge in [-0.2, -0.15) is 0 Å². The third-order valence-electron chi connectivity index (χ3n) is 7.86. The molecule has 35 heavy (non-hydrogen) atoms. The van der Waals surface area contributed by atoms with Crippen molar-refractivity contribution in [1.82, 2.24) is 0 Å². The lowest BCUT2D eigenvalue weighted by molar-refractivity contribution is 0.623. The molecule has 7 rings (SSSR count). The number of benzene rings is 5. The van der Waals surface area contributed by atoms with Crippen molar-refractivity contribution < 1.29 is 0 Å². The first-order valence-corrected chi connectivity index (χ1v) is 12.4. The van der Waals surface area contributed by atoms with Gasteiger partial charge in [-0.25, -0.2) is 0 Å². The van der Waals surface area contributed by atoms with Gasteiger partial charge in [-0.1, -0.05) is 105 Å². The van der Waals surface area contributed by atoms with E-state index in [1.807, 2.05) is 0 Å². The molecule has 5 aromatic carbocycles. The Morgan fingerprint density at radius 2 is 1.17 bits per heavy atom. The number of hydrogen-bond acceptors (Lipinski definition) is 1. The molecule has 0 N–H and O–H groups in total. The second kappa shape index (κ2) is 7.45. The minimum Gasteiger partial charge on any atom is -0.336 e. The average Bonchev–Trinajstić information content (AvgIpc) is 2.92. The van der Waals surface area contributed by atoms with E-state index in [4.69, 9.17) is 0 Å². The minimum atomic E-state index is -0.127. The topological polar surface area (TPSA) is 3.24 Å². The van der Waals surface area contributed by atoms with Crippen LogP contribution >= 0.6 is 0 Å². The third kappa shape index (κ3) is 3.01. The maximum atomic E-state index is 2.55. The van der Waals surface area contributed by atoms with Gasteiger partial charge in [0, 0.05) is 23.2 Å². The molecule has 0 radical (unpaired) electrons. The number of anilines is 2. The summed E-state index contributed by atoms with van der Waals surface area (Å²) in [5.41, 5.74) is 14.5. The molecule has 2 heterocycles. The highest BCUT2D eigenvalue weighted by atomic mass is 15.2. The summed E-state index contributed by atoms with van der Waals surface area (Å²) in [7, 11) is 0. The minimum absolute atomic E-state index is 0.127. The van der Waals surface area contributed by atoms with Crippen molar-refractivity contribution in [3.63, 3.8) is 0 Å². The van der Waals surface area contributed by atoms with Crippen molar-refractivity contribution in [2.45, 2.75) is 25.8 Å². The Hall–Kier alpha value is -4.10. The number of rotatable bonds is 2. The average molecular weight is 450 g/mol. The van der Waals surface area contributed by atoms with E-state index in [0.29, 0.717) is 0 Å². The fourth-order valence-electron chi connectivity index (χ4n) is 6.01. The summed E-state index contributed by atoms with van der Waals surface area (Å²) in [6.45, 7) is 5.68. The van der Waals surface area contributed by atoms with Crippen LogP contribution in [0, 0.1) is 0 Å². The van der Waals surface area contributed by atoms with Crippen LogP contribution in [0.5, 0.6) is 0 Å². The fourth-order valence-corrected chi connectivity index (χ4v) is 6.01. The first-order chi connectivity index (χ1) is 17.1. The largest absolute Gasteiger partial charge is 0.336 e. The highest BCUT2D eigenvalue weighted by molar-refractivity contribution is 5.96. The van der Waals surface area contributed by atoms with E-state index in [2.05, 4.69) is 134 Å². The SMILES string of the molecule is CC1(C)c2cc(-c3ccccc3)ccc2N2Cc3ccccc3-c3cc(-c4ccccc4)cc1c32. The lowest BCUT2D eigenvalue weighted by Crippen LogP contribution is -2.35. The first kappa shape index (κ1) is 20.3. The predicted octanol–water partition coefficient (Wildman–Crippen LogP) is 8.98. The summed E-state index contributed by atoms with van der Waals surface area (Å²) in [5, 5.41) is 0. The van der Waals surface area contributed by atoms with E-state index in [0.717, 1.165) is 6.54 Å². The zero-order valence-electron chi connectivity index (χ0n) is 20.1. The molecule has 0 aliphatic carbocycles. The standard InChI is InChI=1S/C34H27N/c1-34(2)30-20-25(23-11-5-3-6-12-23)17-18-32(30)35-22-26-15-9-10-16-28(26)29-19-27(21-31(34)33(29)35)24-13-7-4-8-14-24/h3-21H,22H2,1-2H3. The Labute approximate surface area is 207 Å². The number of hydrogen-bond donors (Lipinski definition) is 0. The van der Waals surface area contributed by atoms with Gasteiger partial charge in [-0.15, -0.1) is 0 Å². The van der Waals surface area contributed by atoms with Crippen LogP contribution in [0.1, 0.15) is 30.5 Å². The quantitative estimate of drug-likeness (QED) is 0.260. The molecular weight excluding hydrogens is 422 g/mol. The van der Waals surface area contributed by atoms with E-state index < -0.39 is 0 Å². The van der Waals surface area contributed by atoms with Crippen molar-refractivity contribution in [3.8, 4) is 33.4 Å². The molecule has 0 saturated heterocycles. The van der Waals surface area contributed by atoms with Gasteiger partial charge >= 0.3 is 0 Å². The van der Waals surface area contributed by atoms with E-state index in [1.165, 1.54) is 61.4 Å². The highest BCUT2D eigenvalue weighted by Gasteiger charge is 2.40. The lowest BCUT2D eigenvalue weighted by Gasteiger charge is -2.46. The number of nitrogens with zero attached hydrogens (tertiary/aromatic N) is 1. The summed E-state index contributed by atoms with van der Waals surface area (Å²) in [6.07, 6.45) is 0. The maximum Gasteiger partial charge on any atom is 0.0535 e. The zero-order valence-corrected chi connectivity index (χ0v) is 20.1. The van der Waals surface area contributed by atoms with Gasteiger partial charge in [0.25, 0.3) is 0 Å². The Morgan fingerprint density at radius 1 is 0.543 bits per heavy atom. The van der Waals surface area contributed by atoms with Crippen molar-refractivity contribution >= 4 is 11.4 Å². The molecule has 168 valence electrons. The zero-order chi connectivity index (χ0) is 23.6. The van der Waals surface area contributed by atoms with Crippen molar-refractivity contribution in [2.75, 3.05) is 4.90 Å². The second-order valence-corrected chi connectivity index (χ2v) is 10.3. The van der Waals surface area contributed by atoms with Crippen LogP contribution in [0.3, 0.4) is 0 Å². The molecule has 2 aliphatic heterocycles. The monoisotopic (exact) mass is 449 g/mol. The van der Waals surface area contributed by atoms with Gasteiger partial charge in [0.05, 0.1) is 5.69 Å². The van der Waals surface area contributed by atoms with Gasteiger partial charge in [-0.05, 0) is 68.8 Å². The molecule has 5 aromatic rings. The van der Waals surface area contributed by atoms with Crippen LogP contribution in [-0.2, 0) is 12.0 Å². The third-order valence-corrected chi connectivity index (χ3v) is 7.86. The van der Waals surface area contributed by atoms with Crippen LogP contribution in [-0.4, -0.2) is 0 Å². The maximum absolute atomic E-state index is 2.55. The lowest BCUT2D eigenvalue weighted by atomic mass is 9.70. The van der Waals surface area contributed by atoms with Gasteiger partial charge in [0.2, 0.25) is 0 Å². The predicted molar refractivity (Wildman–Crippen MR) is 147 cm³/mol. The first-order valence-electron chi connectivity index (χ1n) is 12.4. The van der Waals surface area contributed by atoms with E-state index in [9.17, 15) is 0 Å². The van der Waals surface area contributed by atoms with Crippen molar-refractivity contribution in [1.29, 1.82) is 0 Å². The second-order valence-electron chi connectivity index (χ2n) is 10.3. The van der Waals surface area contributed by atoms with Crippen molar-refractivity contribution in [3.05, 3.63) is 132 Å². The molecular formula is C34H27N. The van der Waals surface area contributed by atoms with Gasteiger partial charge in [0.1, 0.15) is 0 Å². The van der Waals surface area contributed by atoms with E-state index >= 15 is 0 Å². The molecule has 1 heteroatoms. The van der Waals surface area contributed by atoms with Gasteiger partial charge < -0.3 is 4.90 Å². The van der Waals surface area contributed by atoms with Gasteiger partial charge in [0.15, 0.2) is 0 Å². The summed E-state index contributed by atoms with van der Waals surface area (Å²) in [6, 6.07) is 42.3. The number of fused-ring (bicyclic) bond motifs is 4. The van der Waals surface area contributed by atoms with Gasteiger partial charge in [-0.3, -0.25) is 0 Å². The van der Waals surface area contributed by atoms with E-state index in [-0.39, 0.29) is 5.41 Å². The smallest absolute Gasteiger partial charge is 0.0535 e. The summed E-state index contributed by atoms with van der Waals surface area (Å²) < 4.78 is 0. The molecule has 0 spiro atoms. The van der Waals surface area contributed by atoms with E-state index in [1.54, 1.807) is 0 Å². The molecule has 0 unspecified atom stereocenters. The summed E-state index contributed by atoms with van der Waals surface area (Å²) in [5.74, 6) is 0. The molecule has 0 fully saturated rings. The Bertz CT molecular complexity index is 1580. The fraction of sp³-hybridized carbons (Fsp3) is 0.118. The Kier molecular flexibility index (Phi) is 4.32. The normalized spacial score (nSPS) is 14.6. The molecule has 0 aromatic heterocycles. The highest BCUT2D eigenvalue weighted by Crippen LogP contribution is 2.56. The molecule has 0 atom stereocenters. The Morgan fingerprint density at radius 3 is 1.91 bits per heavy atom. The molecule has 0 saturated carbocycles. The molecule has 2 aliphatic rings.